The maximum atomic E-state index is 12.1. The number of aromatic hydroxyl groups is 1. The first-order chi connectivity index (χ1) is 12.1. The zero-order valence-electron chi connectivity index (χ0n) is 13.7. The fourth-order valence-electron chi connectivity index (χ4n) is 2.35. The Morgan fingerprint density at radius 2 is 1.84 bits per heavy atom. The summed E-state index contributed by atoms with van der Waals surface area (Å²) in [6.45, 7) is 0.864. The highest BCUT2D eigenvalue weighted by atomic mass is 16.4. The van der Waals surface area contributed by atoms with E-state index in [2.05, 4.69) is 15.5 Å². The number of carbonyl (C=O) groups is 1. The molecule has 25 heavy (non-hydrogen) atoms. The molecule has 3 aromatic rings. The monoisotopic (exact) mass is 338 g/mol. The number of nitrogens with one attached hydrogen (secondary N) is 1. The van der Waals surface area contributed by atoms with E-state index in [1.807, 2.05) is 42.3 Å². The second-order valence-electron chi connectivity index (χ2n) is 5.67. The van der Waals surface area contributed by atoms with Gasteiger partial charge in [0.1, 0.15) is 5.75 Å². The van der Waals surface area contributed by atoms with Crippen molar-refractivity contribution < 1.29 is 14.3 Å². The number of hydrogen-bond donors (Lipinski definition) is 2. The minimum Gasteiger partial charge on any atom is -0.508 e. The lowest BCUT2D eigenvalue weighted by atomic mass is 10.2. The quantitative estimate of drug-likeness (QED) is 0.717. The third-order valence-electron chi connectivity index (χ3n) is 3.49. The van der Waals surface area contributed by atoms with Crippen molar-refractivity contribution >= 4 is 11.9 Å². The van der Waals surface area contributed by atoms with Crippen molar-refractivity contribution in [1.29, 1.82) is 0 Å². The number of nitrogens with zero attached hydrogens (tertiary/aromatic N) is 3. The molecule has 0 spiro atoms. The van der Waals surface area contributed by atoms with E-state index in [4.69, 9.17) is 4.42 Å². The Hall–Kier alpha value is -3.19. The van der Waals surface area contributed by atoms with E-state index in [0.29, 0.717) is 12.1 Å². The first-order valence-electron chi connectivity index (χ1n) is 7.75. The van der Waals surface area contributed by atoms with Crippen LogP contribution in [0.2, 0.25) is 0 Å². The molecule has 7 nitrogen and oxygen atoms in total. The SMILES string of the molecule is CN(CC(=O)Nc1nnc(-c2ccc(O)cc2)o1)Cc1ccccc1. The molecule has 2 N–H and O–H groups in total. The Bertz CT molecular complexity index is 831. The number of benzene rings is 2. The van der Waals surface area contributed by atoms with Gasteiger partial charge in [0.05, 0.1) is 6.54 Å². The van der Waals surface area contributed by atoms with Crippen LogP contribution >= 0.6 is 0 Å². The second kappa shape index (κ2) is 7.59. The Kier molecular flexibility index (Phi) is 5.06. The van der Waals surface area contributed by atoms with E-state index in [1.165, 1.54) is 12.1 Å². The minimum absolute atomic E-state index is 0.0428. The summed E-state index contributed by atoms with van der Waals surface area (Å²) >= 11 is 0. The summed E-state index contributed by atoms with van der Waals surface area (Å²) in [5.41, 5.74) is 1.79. The number of hydrogen-bond acceptors (Lipinski definition) is 6. The fraction of sp³-hybridized carbons (Fsp3) is 0.167. The lowest BCUT2D eigenvalue weighted by molar-refractivity contribution is -0.117. The van der Waals surface area contributed by atoms with Crippen LogP contribution in [0.1, 0.15) is 5.56 Å². The Morgan fingerprint density at radius 3 is 2.56 bits per heavy atom. The van der Waals surface area contributed by atoms with Gasteiger partial charge >= 0.3 is 6.01 Å². The summed E-state index contributed by atoms with van der Waals surface area (Å²) in [4.78, 5) is 14.0. The van der Waals surface area contributed by atoms with Gasteiger partial charge in [0.25, 0.3) is 0 Å². The molecular formula is C18H18N4O3. The number of phenolic OH excluding ortho intramolecular Hbond substituents is 1. The van der Waals surface area contributed by atoms with Crippen molar-refractivity contribution in [3.63, 3.8) is 0 Å². The van der Waals surface area contributed by atoms with Crippen molar-refractivity contribution in [3.05, 3.63) is 60.2 Å². The smallest absolute Gasteiger partial charge is 0.322 e. The van der Waals surface area contributed by atoms with Gasteiger partial charge in [0.15, 0.2) is 0 Å². The van der Waals surface area contributed by atoms with Gasteiger partial charge in [-0.3, -0.25) is 15.0 Å². The highest BCUT2D eigenvalue weighted by Crippen LogP contribution is 2.21. The summed E-state index contributed by atoms with van der Waals surface area (Å²) < 4.78 is 5.43. The van der Waals surface area contributed by atoms with Gasteiger partial charge in [-0.2, -0.15) is 0 Å². The fourth-order valence-corrected chi connectivity index (χ4v) is 2.35. The number of carbonyl (C=O) groups excluding carboxylic acids is 1. The van der Waals surface area contributed by atoms with E-state index in [-0.39, 0.29) is 30.1 Å². The van der Waals surface area contributed by atoms with E-state index >= 15 is 0 Å². The third-order valence-corrected chi connectivity index (χ3v) is 3.49. The molecule has 0 aliphatic rings. The molecule has 3 rings (SSSR count). The highest BCUT2D eigenvalue weighted by molar-refractivity contribution is 5.90. The first kappa shape index (κ1) is 16.7. The molecule has 0 unspecified atom stereocenters. The molecule has 0 fully saturated rings. The summed E-state index contributed by atoms with van der Waals surface area (Å²) in [7, 11) is 1.86. The molecular weight excluding hydrogens is 320 g/mol. The maximum Gasteiger partial charge on any atom is 0.322 e. The van der Waals surface area contributed by atoms with Gasteiger partial charge in [-0.25, -0.2) is 0 Å². The third kappa shape index (κ3) is 4.65. The number of rotatable bonds is 6. The number of likely N-dealkylation sites (N-methyl/N-ethyl adjacent to an activating group) is 1. The maximum absolute atomic E-state index is 12.1. The van der Waals surface area contributed by atoms with Crippen molar-refractivity contribution in [2.24, 2.45) is 0 Å². The molecule has 0 aliphatic carbocycles. The molecule has 2 aromatic carbocycles. The van der Waals surface area contributed by atoms with Crippen molar-refractivity contribution in [3.8, 4) is 17.2 Å². The van der Waals surface area contributed by atoms with Gasteiger partial charge in [-0.15, -0.1) is 5.10 Å². The molecule has 0 aliphatic heterocycles. The van der Waals surface area contributed by atoms with E-state index < -0.39 is 0 Å². The largest absolute Gasteiger partial charge is 0.508 e. The summed E-state index contributed by atoms with van der Waals surface area (Å²) in [6.07, 6.45) is 0. The zero-order chi connectivity index (χ0) is 17.6. The molecule has 128 valence electrons. The summed E-state index contributed by atoms with van der Waals surface area (Å²) in [6, 6.07) is 16.3. The molecule has 1 aromatic heterocycles. The van der Waals surface area contributed by atoms with Crippen LogP contribution in [-0.2, 0) is 11.3 Å². The van der Waals surface area contributed by atoms with E-state index in [1.54, 1.807) is 12.1 Å². The van der Waals surface area contributed by atoms with Crippen LogP contribution < -0.4 is 5.32 Å². The van der Waals surface area contributed by atoms with Crippen molar-refractivity contribution in [2.45, 2.75) is 6.54 Å². The van der Waals surface area contributed by atoms with E-state index in [0.717, 1.165) is 5.56 Å². The molecule has 0 radical (unpaired) electrons. The molecule has 1 heterocycles. The van der Waals surface area contributed by atoms with Crippen LogP contribution in [0.3, 0.4) is 0 Å². The number of anilines is 1. The second-order valence-corrected chi connectivity index (χ2v) is 5.67. The van der Waals surface area contributed by atoms with Gasteiger partial charge in [-0.05, 0) is 36.9 Å². The predicted molar refractivity (Wildman–Crippen MR) is 92.8 cm³/mol. The predicted octanol–water partition coefficient (Wildman–Crippen LogP) is 2.51. The Labute approximate surface area is 144 Å². The van der Waals surface area contributed by atoms with Gasteiger partial charge in [0.2, 0.25) is 11.8 Å². The van der Waals surface area contributed by atoms with Crippen LogP contribution in [0.15, 0.2) is 59.0 Å². The van der Waals surface area contributed by atoms with Crippen molar-refractivity contribution in [1.82, 2.24) is 15.1 Å². The van der Waals surface area contributed by atoms with Crippen LogP contribution in [-0.4, -0.2) is 39.7 Å². The van der Waals surface area contributed by atoms with Crippen LogP contribution in [0.25, 0.3) is 11.5 Å². The van der Waals surface area contributed by atoms with E-state index in [9.17, 15) is 9.90 Å². The van der Waals surface area contributed by atoms with Gasteiger partial charge in [-0.1, -0.05) is 35.4 Å². The average Bonchev–Trinajstić information content (AvgIpc) is 3.04. The zero-order valence-corrected chi connectivity index (χ0v) is 13.7. The number of amides is 1. The molecule has 0 bridgehead atoms. The average molecular weight is 338 g/mol. The molecule has 1 amide bonds. The minimum atomic E-state index is -0.237. The Balaban J connectivity index is 1.55. The van der Waals surface area contributed by atoms with Gasteiger partial charge < -0.3 is 9.52 Å². The summed E-state index contributed by atoms with van der Waals surface area (Å²) in [5, 5.41) is 19.6. The number of phenols is 1. The van der Waals surface area contributed by atoms with Gasteiger partial charge in [0, 0.05) is 12.1 Å². The first-order valence-corrected chi connectivity index (χ1v) is 7.75. The Morgan fingerprint density at radius 1 is 1.12 bits per heavy atom. The number of aromatic nitrogens is 2. The van der Waals surface area contributed by atoms with Crippen LogP contribution in [0.4, 0.5) is 6.01 Å². The van der Waals surface area contributed by atoms with Crippen LogP contribution in [0.5, 0.6) is 5.75 Å². The molecule has 0 atom stereocenters. The molecule has 0 saturated carbocycles. The topological polar surface area (TPSA) is 91.5 Å². The molecule has 7 heteroatoms. The normalized spacial score (nSPS) is 10.8. The molecule has 0 saturated heterocycles. The summed E-state index contributed by atoms with van der Waals surface area (Å²) in [5.74, 6) is 0.186. The van der Waals surface area contributed by atoms with Crippen molar-refractivity contribution in [2.75, 3.05) is 18.9 Å². The lowest BCUT2D eigenvalue weighted by Crippen LogP contribution is -2.29. The van der Waals surface area contributed by atoms with Crippen LogP contribution in [0, 0.1) is 0 Å². The highest BCUT2D eigenvalue weighted by Gasteiger charge is 2.13. The standard InChI is InChI=1S/C18H18N4O3/c1-22(11-13-5-3-2-4-6-13)12-16(24)19-18-21-20-17(25-18)14-7-9-15(23)10-8-14/h2-10,23H,11-12H2,1H3,(H,19,21,24). The lowest BCUT2D eigenvalue weighted by Gasteiger charge is -2.15.